The fourth-order valence-electron chi connectivity index (χ4n) is 1.55. The van der Waals surface area contributed by atoms with Crippen LogP contribution in [0, 0.1) is 0 Å². The van der Waals surface area contributed by atoms with Gasteiger partial charge < -0.3 is 21.7 Å². The predicted octanol–water partition coefficient (Wildman–Crippen LogP) is -0.437. The molecule has 1 rings (SSSR count). The Labute approximate surface area is 105 Å². The molecule has 0 heterocycles. The summed E-state index contributed by atoms with van der Waals surface area (Å²) < 4.78 is 30.8. The monoisotopic (exact) mass is 276 g/mol. The zero-order valence-electron chi connectivity index (χ0n) is 9.57. The fourth-order valence-corrected chi connectivity index (χ4v) is 2.10. The zero-order valence-corrected chi connectivity index (χ0v) is 10.4. The van der Waals surface area contributed by atoms with Crippen molar-refractivity contribution in [1.82, 2.24) is 0 Å². The summed E-state index contributed by atoms with van der Waals surface area (Å²) in [5.74, 6) is -1.07. The normalized spacial score (nSPS) is 13.5. The minimum atomic E-state index is -4.45. The van der Waals surface area contributed by atoms with Crippen LogP contribution >= 0.6 is 0 Å². The van der Waals surface area contributed by atoms with Crippen LogP contribution in [0.15, 0.2) is 17.0 Å². The smallest absolute Gasteiger partial charge is 0.294 e. The molecule has 0 spiro atoms. The van der Waals surface area contributed by atoms with Crippen molar-refractivity contribution in [1.29, 1.82) is 0 Å². The second-order valence-electron chi connectivity index (χ2n) is 3.97. The third-order valence-electron chi connectivity index (χ3n) is 2.46. The fraction of sp³-hybridized carbons (Fsp3) is 0.400. The Bertz CT molecular complexity index is 529. The van der Waals surface area contributed by atoms with Crippen LogP contribution in [0.1, 0.15) is 12.0 Å². The highest BCUT2D eigenvalue weighted by Gasteiger charge is 2.18. The minimum absolute atomic E-state index is 0.139. The third-order valence-corrected chi connectivity index (χ3v) is 3.29. The molecule has 0 fully saturated rings. The van der Waals surface area contributed by atoms with Crippen molar-refractivity contribution in [2.24, 2.45) is 11.5 Å². The summed E-state index contributed by atoms with van der Waals surface area (Å²) in [4.78, 5) is -0.493. The van der Waals surface area contributed by atoms with E-state index in [9.17, 15) is 18.6 Å². The van der Waals surface area contributed by atoms with Crippen LogP contribution in [-0.2, 0) is 16.5 Å². The van der Waals surface area contributed by atoms with E-state index in [1.165, 1.54) is 0 Å². The van der Waals surface area contributed by atoms with E-state index in [-0.39, 0.29) is 18.0 Å². The first kappa shape index (κ1) is 14.7. The molecule has 18 heavy (non-hydrogen) atoms. The van der Waals surface area contributed by atoms with Crippen LogP contribution < -0.4 is 11.5 Å². The molecule has 8 heteroatoms. The number of phenols is 2. The van der Waals surface area contributed by atoms with E-state index < -0.39 is 26.5 Å². The minimum Gasteiger partial charge on any atom is -0.504 e. The molecule has 1 atom stereocenters. The second-order valence-corrected chi connectivity index (χ2v) is 5.39. The summed E-state index contributed by atoms with van der Waals surface area (Å²) in [5.41, 5.74) is 11.2. The summed E-state index contributed by atoms with van der Waals surface area (Å²) in [6, 6.07) is 1.46. The third kappa shape index (κ3) is 3.57. The van der Waals surface area contributed by atoms with Crippen molar-refractivity contribution in [3.63, 3.8) is 0 Å². The van der Waals surface area contributed by atoms with E-state index in [2.05, 4.69) is 0 Å². The summed E-state index contributed by atoms with van der Waals surface area (Å²) in [5, 5.41) is 19.0. The molecule has 7 N–H and O–H groups in total. The molecule has 0 bridgehead atoms. The van der Waals surface area contributed by atoms with Crippen LogP contribution in [0.25, 0.3) is 0 Å². The van der Waals surface area contributed by atoms with Crippen LogP contribution in [-0.4, -0.2) is 35.8 Å². The Morgan fingerprint density at radius 3 is 2.39 bits per heavy atom. The maximum Gasteiger partial charge on any atom is 0.294 e. The molecule has 102 valence electrons. The lowest BCUT2D eigenvalue weighted by Gasteiger charge is -2.13. The number of rotatable bonds is 5. The molecule has 0 radical (unpaired) electrons. The largest absolute Gasteiger partial charge is 0.504 e. The first-order valence-corrected chi connectivity index (χ1v) is 6.67. The zero-order chi connectivity index (χ0) is 13.9. The number of aromatic hydroxyl groups is 2. The Morgan fingerprint density at radius 1 is 1.28 bits per heavy atom. The average Bonchev–Trinajstić information content (AvgIpc) is 2.23. The van der Waals surface area contributed by atoms with Crippen molar-refractivity contribution < 1.29 is 23.2 Å². The van der Waals surface area contributed by atoms with Gasteiger partial charge in [-0.25, -0.2) is 0 Å². The molecular formula is C10H16N2O5S. The summed E-state index contributed by atoms with van der Waals surface area (Å²) in [6.07, 6.45) is 0.621. The van der Waals surface area contributed by atoms with Gasteiger partial charge in [-0.1, -0.05) is 0 Å². The van der Waals surface area contributed by atoms with Gasteiger partial charge in [0.2, 0.25) is 0 Å². The van der Waals surface area contributed by atoms with Crippen molar-refractivity contribution in [2.75, 3.05) is 6.54 Å². The lowest BCUT2D eigenvalue weighted by atomic mass is 10.0. The molecule has 1 aromatic carbocycles. The van der Waals surface area contributed by atoms with Gasteiger partial charge in [0.05, 0.1) is 4.90 Å². The number of hydrogen-bond donors (Lipinski definition) is 5. The lowest BCUT2D eigenvalue weighted by Crippen LogP contribution is -2.26. The van der Waals surface area contributed by atoms with E-state index >= 15 is 0 Å². The van der Waals surface area contributed by atoms with Crippen LogP contribution in [0.5, 0.6) is 11.5 Å². The van der Waals surface area contributed by atoms with E-state index in [0.29, 0.717) is 13.0 Å². The highest BCUT2D eigenvalue weighted by Crippen LogP contribution is 2.32. The number of phenolic OH excluding ortho intramolecular Hbond substituents is 2. The molecule has 0 aliphatic rings. The van der Waals surface area contributed by atoms with Gasteiger partial charge in [-0.05, 0) is 25.5 Å². The van der Waals surface area contributed by atoms with E-state index in [1.54, 1.807) is 0 Å². The maximum absolute atomic E-state index is 11.0. The van der Waals surface area contributed by atoms with Gasteiger partial charge in [0.15, 0.2) is 11.5 Å². The summed E-state index contributed by atoms with van der Waals surface area (Å²) >= 11 is 0. The van der Waals surface area contributed by atoms with E-state index in [4.69, 9.17) is 16.0 Å². The Balaban J connectivity index is 3.15. The maximum atomic E-state index is 11.0. The van der Waals surface area contributed by atoms with Gasteiger partial charge in [0.1, 0.15) is 0 Å². The first-order valence-electron chi connectivity index (χ1n) is 5.23. The Kier molecular flexibility index (Phi) is 4.52. The summed E-state index contributed by atoms with van der Waals surface area (Å²) in [7, 11) is -4.45. The Morgan fingerprint density at radius 2 is 1.89 bits per heavy atom. The van der Waals surface area contributed by atoms with Crippen LogP contribution in [0.3, 0.4) is 0 Å². The molecule has 0 aliphatic heterocycles. The highest BCUT2D eigenvalue weighted by molar-refractivity contribution is 7.85. The van der Waals surface area contributed by atoms with E-state index in [1.807, 2.05) is 0 Å². The van der Waals surface area contributed by atoms with Crippen molar-refractivity contribution in [3.05, 3.63) is 17.7 Å². The average molecular weight is 276 g/mol. The Hall–Kier alpha value is -1.35. The molecule has 0 saturated carbocycles. The predicted molar refractivity (Wildman–Crippen MR) is 64.9 cm³/mol. The van der Waals surface area contributed by atoms with Gasteiger partial charge in [-0.3, -0.25) is 4.55 Å². The van der Waals surface area contributed by atoms with Crippen LogP contribution in [0.4, 0.5) is 0 Å². The topological polar surface area (TPSA) is 147 Å². The van der Waals surface area contributed by atoms with Crippen LogP contribution in [0.2, 0.25) is 0 Å². The standard InChI is InChI=1S/C10H16N2O5S/c11-2-1-7(12)3-6-4-8(18(15,16)17)5-9(13)10(6)14/h4-5,7,13-14H,1-3,11-12H2,(H,15,16,17). The molecular weight excluding hydrogens is 260 g/mol. The first-order chi connectivity index (χ1) is 8.25. The molecule has 7 nitrogen and oxygen atoms in total. The molecule has 1 unspecified atom stereocenters. The van der Waals surface area contributed by atoms with Gasteiger partial charge in [-0.2, -0.15) is 8.42 Å². The number of benzene rings is 1. The molecule has 0 aliphatic carbocycles. The molecule has 0 aromatic heterocycles. The highest BCUT2D eigenvalue weighted by atomic mass is 32.2. The SMILES string of the molecule is NCCC(N)Cc1cc(S(=O)(=O)O)cc(O)c1O. The quantitative estimate of drug-likeness (QED) is 0.362. The lowest BCUT2D eigenvalue weighted by molar-refractivity contribution is 0.395. The summed E-state index contributed by atoms with van der Waals surface area (Å²) in [6.45, 7) is 0.353. The van der Waals surface area contributed by atoms with Gasteiger partial charge >= 0.3 is 0 Å². The molecule has 0 amide bonds. The van der Waals surface area contributed by atoms with Crippen molar-refractivity contribution in [2.45, 2.75) is 23.8 Å². The van der Waals surface area contributed by atoms with Gasteiger partial charge in [0.25, 0.3) is 10.1 Å². The number of nitrogens with two attached hydrogens (primary N) is 2. The number of hydrogen-bond acceptors (Lipinski definition) is 6. The van der Waals surface area contributed by atoms with E-state index in [0.717, 1.165) is 12.1 Å². The van der Waals surface area contributed by atoms with Gasteiger partial charge in [0, 0.05) is 17.7 Å². The van der Waals surface area contributed by atoms with Gasteiger partial charge in [-0.15, -0.1) is 0 Å². The van der Waals surface area contributed by atoms with Crippen molar-refractivity contribution in [3.8, 4) is 11.5 Å². The molecule has 0 saturated heterocycles. The molecule has 1 aromatic rings. The van der Waals surface area contributed by atoms with Crippen molar-refractivity contribution >= 4 is 10.1 Å². The second kappa shape index (κ2) is 5.53.